The second kappa shape index (κ2) is 5.83. The number of hydrogen-bond acceptors (Lipinski definition) is 3. The van der Waals surface area contributed by atoms with Crippen molar-refractivity contribution in [3.05, 3.63) is 16.1 Å². The molecule has 0 bridgehead atoms. The van der Waals surface area contributed by atoms with Crippen LogP contribution in [0, 0.1) is 5.92 Å². The molecule has 1 aromatic rings. The van der Waals surface area contributed by atoms with E-state index in [2.05, 4.69) is 10.3 Å². The third kappa shape index (κ3) is 3.14. The van der Waals surface area contributed by atoms with Crippen LogP contribution in [0.5, 0.6) is 0 Å². The van der Waals surface area contributed by atoms with E-state index in [1.54, 1.807) is 11.3 Å². The topological polar surface area (TPSA) is 16.1 Å². The minimum absolute atomic E-state index is 0.437. The van der Waals surface area contributed by atoms with Gasteiger partial charge >= 0.3 is 0 Å². The maximum atomic E-state index is 12.6. The van der Waals surface area contributed by atoms with Crippen molar-refractivity contribution in [1.29, 1.82) is 0 Å². The van der Waals surface area contributed by atoms with Crippen molar-refractivity contribution >= 4 is 11.3 Å². The van der Waals surface area contributed by atoms with E-state index in [1.807, 2.05) is 0 Å². The lowest BCUT2D eigenvalue weighted by molar-refractivity contribution is 0.0802. The summed E-state index contributed by atoms with van der Waals surface area (Å²) in [6, 6.07) is 0. The monoisotopic (exact) mass is 286 g/mol. The summed E-state index contributed by atoms with van der Waals surface area (Å²) in [7, 11) is 0. The Hall–Kier alpha value is -0.550. The van der Waals surface area contributed by atoms with Crippen LogP contribution in [0.1, 0.15) is 48.7 Å². The average Bonchev–Trinajstić information content (AvgIpc) is 3.09. The van der Waals surface area contributed by atoms with Gasteiger partial charge in [0.1, 0.15) is 0 Å². The Kier molecular flexibility index (Phi) is 4.12. The summed E-state index contributed by atoms with van der Waals surface area (Å²) in [6.45, 7) is 2.05. The van der Waals surface area contributed by atoms with Crippen molar-refractivity contribution in [1.82, 2.24) is 9.88 Å². The number of rotatable bonds is 4. The van der Waals surface area contributed by atoms with E-state index in [4.69, 9.17) is 4.98 Å². The largest absolute Gasteiger partial charge is 0.297 e. The van der Waals surface area contributed by atoms with Crippen LogP contribution in [0.25, 0.3) is 0 Å². The van der Waals surface area contributed by atoms with Crippen molar-refractivity contribution in [2.45, 2.75) is 51.0 Å². The number of halogens is 2. The van der Waals surface area contributed by atoms with Gasteiger partial charge in [-0.2, -0.15) is 0 Å². The molecule has 0 spiro atoms. The summed E-state index contributed by atoms with van der Waals surface area (Å²) in [5.41, 5.74) is 1.07. The summed E-state index contributed by atoms with van der Waals surface area (Å²) < 4.78 is 25.2. The molecular formula is C14H20F2N2S. The van der Waals surface area contributed by atoms with E-state index < -0.39 is 12.3 Å². The molecule has 0 radical (unpaired) electrons. The molecule has 2 nitrogen and oxygen atoms in total. The van der Waals surface area contributed by atoms with Crippen molar-refractivity contribution in [2.24, 2.45) is 5.92 Å². The molecule has 1 saturated heterocycles. The van der Waals surface area contributed by atoms with E-state index >= 15 is 0 Å². The van der Waals surface area contributed by atoms with E-state index in [0.717, 1.165) is 18.8 Å². The lowest BCUT2D eigenvalue weighted by Gasteiger charge is -2.14. The molecule has 1 saturated carbocycles. The van der Waals surface area contributed by atoms with Gasteiger partial charge in [-0.3, -0.25) is 4.90 Å². The molecule has 0 aromatic carbocycles. The van der Waals surface area contributed by atoms with Gasteiger partial charge in [-0.1, -0.05) is 12.8 Å². The average molecular weight is 286 g/mol. The van der Waals surface area contributed by atoms with Crippen LogP contribution in [-0.4, -0.2) is 29.4 Å². The SMILES string of the molecule is FC(F)C1CCN(Cc2csc(C3CCCC3)n2)C1. The lowest BCUT2D eigenvalue weighted by Crippen LogP contribution is -2.22. The van der Waals surface area contributed by atoms with Crippen molar-refractivity contribution in [3.8, 4) is 0 Å². The molecule has 1 atom stereocenters. The first-order chi connectivity index (χ1) is 9.22. The second-order valence-electron chi connectivity index (χ2n) is 5.78. The first-order valence-electron chi connectivity index (χ1n) is 7.17. The van der Waals surface area contributed by atoms with Crippen LogP contribution >= 0.6 is 11.3 Å². The minimum Gasteiger partial charge on any atom is -0.297 e. The Morgan fingerprint density at radius 1 is 1.32 bits per heavy atom. The fraction of sp³-hybridized carbons (Fsp3) is 0.786. The molecule has 5 heteroatoms. The number of hydrogen-bond donors (Lipinski definition) is 0. The highest BCUT2D eigenvalue weighted by Gasteiger charge is 2.30. The quantitative estimate of drug-likeness (QED) is 0.835. The molecular weight excluding hydrogens is 266 g/mol. The third-order valence-electron chi connectivity index (χ3n) is 4.32. The van der Waals surface area contributed by atoms with Crippen LogP contribution in [0.2, 0.25) is 0 Å². The van der Waals surface area contributed by atoms with Crippen LogP contribution < -0.4 is 0 Å². The van der Waals surface area contributed by atoms with E-state index in [1.165, 1.54) is 30.7 Å². The van der Waals surface area contributed by atoms with Crippen LogP contribution in [0.4, 0.5) is 8.78 Å². The van der Waals surface area contributed by atoms with Crippen molar-refractivity contribution < 1.29 is 8.78 Å². The van der Waals surface area contributed by atoms with Gasteiger partial charge in [0.25, 0.3) is 0 Å². The molecule has 2 heterocycles. The maximum absolute atomic E-state index is 12.6. The van der Waals surface area contributed by atoms with Crippen molar-refractivity contribution in [2.75, 3.05) is 13.1 Å². The number of likely N-dealkylation sites (tertiary alicyclic amines) is 1. The molecule has 106 valence electrons. The number of nitrogens with zero attached hydrogens (tertiary/aromatic N) is 2. The highest BCUT2D eigenvalue weighted by Crippen LogP contribution is 2.35. The molecule has 0 amide bonds. The fourth-order valence-electron chi connectivity index (χ4n) is 3.20. The highest BCUT2D eigenvalue weighted by atomic mass is 32.1. The molecule has 1 aromatic heterocycles. The van der Waals surface area contributed by atoms with E-state index in [0.29, 0.717) is 18.9 Å². The third-order valence-corrected chi connectivity index (χ3v) is 5.38. The number of aromatic nitrogens is 1. The minimum atomic E-state index is -2.17. The smallest absolute Gasteiger partial charge is 0.242 e. The zero-order valence-electron chi connectivity index (χ0n) is 11.0. The van der Waals surface area contributed by atoms with Crippen LogP contribution in [0.15, 0.2) is 5.38 Å². The number of alkyl halides is 2. The van der Waals surface area contributed by atoms with Gasteiger partial charge in [-0.05, 0) is 25.8 Å². The summed E-state index contributed by atoms with van der Waals surface area (Å²) >= 11 is 1.75. The van der Waals surface area contributed by atoms with Gasteiger partial charge < -0.3 is 0 Å². The van der Waals surface area contributed by atoms with Crippen molar-refractivity contribution in [3.63, 3.8) is 0 Å². The summed E-state index contributed by atoms with van der Waals surface area (Å²) in [6.07, 6.45) is 3.63. The summed E-state index contributed by atoms with van der Waals surface area (Å²) in [5, 5.41) is 3.38. The Balaban J connectivity index is 1.56. The van der Waals surface area contributed by atoms with Crippen LogP contribution in [-0.2, 0) is 6.54 Å². The predicted octanol–water partition coefficient (Wildman–Crippen LogP) is 3.89. The Morgan fingerprint density at radius 3 is 2.79 bits per heavy atom. The second-order valence-corrected chi connectivity index (χ2v) is 6.67. The summed E-state index contributed by atoms with van der Waals surface area (Å²) in [4.78, 5) is 6.83. The first kappa shape index (κ1) is 13.4. The normalized spacial score (nSPS) is 25.7. The van der Waals surface area contributed by atoms with Gasteiger partial charge in [-0.15, -0.1) is 11.3 Å². The van der Waals surface area contributed by atoms with E-state index in [9.17, 15) is 8.78 Å². The highest BCUT2D eigenvalue weighted by molar-refractivity contribution is 7.09. The Bertz CT molecular complexity index is 415. The Labute approximate surface area is 116 Å². The fourth-order valence-corrected chi connectivity index (χ4v) is 4.18. The van der Waals surface area contributed by atoms with Gasteiger partial charge in [0, 0.05) is 30.3 Å². The maximum Gasteiger partial charge on any atom is 0.242 e. The van der Waals surface area contributed by atoms with Gasteiger partial charge in [0.2, 0.25) is 6.43 Å². The molecule has 2 aliphatic rings. The van der Waals surface area contributed by atoms with Gasteiger partial charge in [0.05, 0.1) is 10.7 Å². The Morgan fingerprint density at radius 2 is 2.11 bits per heavy atom. The lowest BCUT2D eigenvalue weighted by atomic mass is 10.1. The molecule has 1 unspecified atom stereocenters. The van der Waals surface area contributed by atoms with Gasteiger partial charge in [0.15, 0.2) is 0 Å². The first-order valence-corrected chi connectivity index (χ1v) is 8.05. The number of thiazole rings is 1. The van der Waals surface area contributed by atoms with Gasteiger partial charge in [-0.25, -0.2) is 13.8 Å². The zero-order chi connectivity index (χ0) is 13.2. The standard InChI is InChI=1S/C14H20F2N2S/c15-13(16)11-5-6-18(7-11)8-12-9-19-14(17-12)10-3-1-2-4-10/h9-11,13H,1-8H2. The predicted molar refractivity (Wildman–Crippen MR) is 72.7 cm³/mol. The molecule has 0 N–H and O–H groups in total. The van der Waals surface area contributed by atoms with E-state index in [-0.39, 0.29) is 0 Å². The molecule has 19 heavy (non-hydrogen) atoms. The van der Waals surface area contributed by atoms with Crippen LogP contribution in [0.3, 0.4) is 0 Å². The summed E-state index contributed by atoms with van der Waals surface area (Å²) in [5.74, 6) is 0.221. The molecule has 1 aliphatic carbocycles. The zero-order valence-corrected chi connectivity index (χ0v) is 11.8. The molecule has 2 fully saturated rings. The molecule has 1 aliphatic heterocycles. The molecule has 3 rings (SSSR count).